The van der Waals surface area contributed by atoms with Crippen molar-refractivity contribution in [2.45, 2.75) is 0 Å². The number of para-hydroxylation sites is 2. The normalized spacial score (nSPS) is 12.1. The van der Waals surface area contributed by atoms with Crippen LogP contribution < -0.4 is 0 Å². The summed E-state index contributed by atoms with van der Waals surface area (Å²) in [7, 11) is 0. The molecular formula is C44H25N3OS. The van der Waals surface area contributed by atoms with Crippen LogP contribution in [0.4, 0.5) is 0 Å². The third-order valence-electron chi connectivity index (χ3n) is 9.82. The summed E-state index contributed by atoms with van der Waals surface area (Å²) in [5.41, 5.74) is 9.28. The highest BCUT2D eigenvalue weighted by Gasteiger charge is 2.21. The van der Waals surface area contributed by atoms with E-state index in [0.717, 1.165) is 65.2 Å². The van der Waals surface area contributed by atoms with Gasteiger partial charge in [-0.1, -0.05) is 115 Å². The highest BCUT2D eigenvalue weighted by molar-refractivity contribution is 7.26. The summed E-state index contributed by atoms with van der Waals surface area (Å²) >= 11 is 1.76. The molecule has 0 saturated carbocycles. The fourth-order valence-electron chi connectivity index (χ4n) is 7.55. The zero-order valence-corrected chi connectivity index (χ0v) is 26.9. The number of benzene rings is 7. The highest BCUT2D eigenvalue weighted by Crippen LogP contribution is 2.42. The van der Waals surface area contributed by atoms with Gasteiger partial charge in [-0.3, -0.25) is 4.57 Å². The maximum atomic E-state index is 6.30. The van der Waals surface area contributed by atoms with E-state index in [2.05, 4.69) is 144 Å². The Labute approximate surface area is 284 Å². The fourth-order valence-corrected chi connectivity index (χ4v) is 8.71. The second-order valence-electron chi connectivity index (χ2n) is 12.6. The van der Waals surface area contributed by atoms with Gasteiger partial charge in [0.1, 0.15) is 11.2 Å². The van der Waals surface area contributed by atoms with Crippen molar-refractivity contribution < 1.29 is 4.42 Å². The summed E-state index contributed by atoms with van der Waals surface area (Å²) in [6.07, 6.45) is 0. The molecule has 11 rings (SSSR count). The molecule has 0 saturated heterocycles. The molecule has 0 aliphatic heterocycles. The van der Waals surface area contributed by atoms with Gasteiger partial charge in [0.25, 0.3) is 0 Å². The molecule has 49 heavy (non-hydrogen) atoms. The van der Waals surface area contributed by atoms with E-state index >= 15 is 0 Å². The molecule has 0 bridgehead atoms. The van der Waals surface area contributed by atoms with Crippen molar-refractivity contribution in [1.29, 1.82) is 0 Å². The van der Waals surface area contributed by atoms with E-state index in [-0.39, 0.29) is 0 Å². The zero-order valence-electron chi connectivity index (χ0n) is 26.1. The van der Waals surface area contributed by atoms with Crippen LogP contribution in [0.15, 0.2) is 156 Å². The first-order valence-corrected chi connectivity index (χ1v) is 17.2. The van der Waals surface area contributed by atoms with Crippen LogP contribution in [0.25, 0.3) is 103 Å². The minimum Gasteiger partial charge on any atom is -0.456 e. The van der Waals surface area contributed by atoms with Crippen LogP contribution in [0, 0.1) is 0 Å². The lowest BCUT2D eigenvalue weighted by molar-refractivity contribution is 0.669. The Morgan fingerprint density at radius 2 is 1.20 bits per heavy atom. The van der Waals surface area contributed by atoms with Crippen molar-refractivity contribution in [3.8, 4) is 28.3 Å². The molecule has 0 amide bonds. The molecule has 5 heteroatoms. The predicted molar refractivity (Wildman–Crippen MR) is 205 cm³/mol. The summed E-state index contributed by atoms with van der Waals surface area (Å²) in [6, 6.07) is 53.6. The van der Waals surface area contributed by atoms with Crippen LogP contribution in [0.1, 0.15) is 0 Å². The van der Waals surface area contributed by atoms with Crippen LogP contribution in [-0.2, 0) is 0 Å². The molecule has 0 unspecified atom stereocenters. The van der Waals surface area contributed by atoms with Gasteiger partial charge in [-0.15, -0.1) is 11.3 Å². The molecule has 4 nitrogen and oxygen atoms in total. The monoisotopic (exact) mass is 643 g/mol. The molecule has 0 atom stereocenters. The highest BCUT2D eigenvalue weighted by atomic mass is 32.1. The van der Waals surface area contributed by atoms with Gasteiger partial charge in [-0.25, -0.2) is 9.97 Å². The van der Waals surface area contributed by atoms with E-state index in [9.17, 15) is 0 Å². The second kappa shape index (κ2) is 10.1. The lowest BCUT2D eigenvalue weighted by atomic mass is 10.0. The summed E-state index contributed by atoms with van der Waals surface area (Å²) < 4.78 is 10.8. The van der Waals surface area contributed by atoms with Crippen molar-refractivity contribution >= 4 is 86.2 Å². The van der Waals surface area contributed by atoms with Crippen molar-refractivity contribution in [3.63, 3.8) is 0 Å². The van der Waals surface area contributed by atoms with Gasteiger partial charge in [0.2, 0.25) is 5.95 Å². The zero-order chi connectivity index (χ0) is 32.1. The lowest BCUT2D eigenvalue weighted by Gasteiger charge is -2.11. The molecule has 0 aliphatic carbocycles. The minimum absolute atomic E-state index is 0.660. The SMILES string of the molecule is c1ccc(-c2ccc(-c3nc(-n4c5ccccc5c5cc6ccc7oc8ccccc8c7c6cc54)nc4c3sc3ccccc34)cc2)cc1. The lowest BCUT2D eigenvalue weighted by Crippen LogP contribution is -2.02. The molecule has 11 aromatic rings. The first-order valence-electron chi connectivity index (χ1n) is 16.4. The molecule has 0 aliphatic rings. The number of hydrogen-bond acceptors (Lipinski definition) is 4. The van der Waals surface area contributed by atoms with E-state index < -0.39 is 0 Å². The summed E-state index contributed by atoms with van der Waals surface area (Å²) in [4.78, 5) is 10.8. The topological polar surface area (TPSA) is 43.9 Å². The van der Waals surface area contributed by atoms with Crippen LogP contribution in [0.2, 0.25) is 0 Å². The molecule has 228 valence electrons. The van der Waals surface area contributed by atoms with Gasteiger partial charge in [0, 0.05) is 37.2 Å². The molecule has 0 fully saturated rings. The van der Waals surface area contributed by atoms with Crippen LogP contribution in [-0.4, -0.2) is 14.5 Å². The van der Waals surface area contributed by atoms with Crippen LogP contribution in [0.3, 0.4) is 0 Å². The number of nitrogens with zero attached hydrogens (tertiary/aromatic N) is 3. The first kappa shape index (κ1) is 26.7. The number of thiophene rings is 1. The molecule has 4 aromatic heterocycles. The van der Waals surface area contributed by atoms with E-state index in [1.165, 1.54) is 32.0 Å². The maximum Gasteiger partial charge on any atom is 0.235 e. The Morgan fingerprint density at radius 1 is 0.490 bits per heavy atom. The van der Waals surface area contributed by atoms with E-state index in [0.29, 0.717) is 5.95 Å². The van der Waals surface area contributed by atoms with Gasteiger partial charge < -0.3 is 4.42 Å². The van der Waals surface area contributed by atoms with Crippen molar-refractivity contribution in [2.24, 2.45) is 0 Å². The van der Waals surface area contributed by atoms with Crippen molar-refractivity contribution in [2.75, 3.05) is 0 Å². The molecule has 7 aromatic carbocycles. The Bertz CT molecular complexity index is 3100. The Hall–Kier alpha value is -6.30. The maximum absolute atomic E-state index is 6.30. The van der Waals surface area contributed by atoms with Gasteiger partial charge in [0.15, 0.2) is 0 Å². The summed E-state index contributed by atoms with van der Waals surface area (Å²) in [5, 5.41) is 8.06. The van der Waals surface area contributed by atoms with Crippen LogP contribution >= 0.6 is 11.3 Å². The third kappa shape index (κ3) is 3.91. The van der Waals surface area contributed by atoms with E-state index in [4.69, 9.17) is 14.4 Å². The van der Waals surface area contributed by atoms with E-state index in [1.54, 1.807) is 11.3 Å². The Balaban J connectivity index is 1.23. The third-order valence-corrected chi connectivity index (χ3v) is 11.0. The molecule has 0 N–H and O–H groups in total. The number of hydrogen-bond donors (Lipinski definition) is 0. The van der Waals surface area contributed by atoms with Gasteiger partial charge >= 0.3 is 0 Å². The Morgan fingerprint density at radius 3 is 2.08 bits per heavy atom. The molecule has 0 spiro atoms. The van der Waals surface area contributed by atoms with Gasteiger partial charge in [-0.05, 0) is 58.3 Å². The predicted octanol–water partition coefficient (Wildman–Crippen LogP) is 12.3. The summed E-state index contributed by atoms with van der Waals surface area (Å²) in [6.45, 7) is 0. The number of fused-ring (bicyclic) bond motifs is 11. The van der Waals surface area contributed by atoms with Crippen molar-refractivity contribution in [1.82, 2.24) is 14.5 Å². The fraction of sp³-hybridized carbons (Fsp3) is 0. The standard InChI is InChI=1S/C44H25N3OS/c1-2-10-26(11-3-1)27-18-20-28(21-19-27)41-43-42(32-14-6-9-17-39(32)49-43)46-44(45-41)47-35-15-7-4-12-30(35)34-24-29-22-23-38-40(33(29)25-36(34)47)31-13-5-8-16-37(31)48-38/h1-25H. The second-order valence-corrected chi connectivity index (χ2v) is 13.6. The molecule has 0 radical (unpaired) electrons. The largest absolute Gasteiger partial charge is 0.456 e. The minimum atomic E-state index is 0.660. The quantitative estimate of drug-likeness (QED) is 0.192. The molecule has 4 heterocycles. The van der Waals surface area contributed by atoms with E-state index in [1.807, 2.05) is 12.1 Å². The average molecular weight is 644 g/mol. The summed E-state index contributed by atoms with van der Waals surface area (Å²) in [5.74, 6) is 0.660. The first-order chi connectivity index (χ1) is 24.3. The number of rotatable bonds is 3. The van der Waals surface area contributed by atoms with Gasteiger partial charge in [-0.2, -0.15) is 0 Å². The number of furan rings is 1. The van der Waals surface area contributed by atoms with Gasteiger partial charge in [0.05, 0.1) is 26.9 Å². The molecular weight excluding hydrogens is 619 g/mol. The van der Waals surface area contributed by atoms with Crippen LogP contribution in [0.5, 0.6) is 0 Å². The smallest absolute Gasteiger partial charge is 0.235 e. The average Bonchev–Trinajstić information content (AvgIpc) is 3.83. The Kier molecular flexibility index (Phi) is 5.51. The van der Waals surface area contributed by atoms with Crippen molar-refractivity contribution in [3.05, 3.63) is 152 Å². The number of aromatic nitrogens is 3.